The summed E-state index contributed by atoms with van der Waals surface area (Å²) in [4.78, 5) is 0. The number of aromatic nitrogens is 2. The molecule has 110 valence electrons. The molecule has 2 aliphatic carbocycles. The van der Waals surface area contributed by atoms with E-state index in [-0.39, 0.29) is 6.04 Å². The van der Waals surface area contributed by atoms with Gasteiger partial charge in [0, 0.05) is 12.3 Å². The maximum atomic E-state index is 9.20. The van der Waals surface area contributed by atoms with E-state index >= 15 is 0 Å². The zero-order chi connectivity index (χ0) is 13.9. The molecular weight excluding hydrogens is 272 g/mol. The Balaban J connectivity index is 1.60. The molecule has 3 atom stereocenters. The molecule has 0 saturated heterocycles. The van der Waals surface area contributed by atoms with E-state index < -0.39 is 0 Å². The van der Waals surface area contributed by atoms with Crippen LogP contribution in [0.5, 0.6) is 0 Å². The molecule has 0 amide bonds. The molecule has 2 aliphatic rings. The Labute approximate surface area is 123 Å². The van der Waals surface area contributed by atoms with Gasteiger partial charge in [-0.15, -0.1) is 10.2 Å². The summed E-state index contributed by atoms with van der Waals surface area (Å²) in [6, 6.07) is 0.162. The molecule has 20 heavy (non-hydrogen) atoms. The van der Waals surface area contributed by atoms with Crippen LogP contribution in [-0.4, -0.2) is 27.2 Å². The normalized spacial score (nSPS) is 30.2. The van der Waals surface area contributed by atoms with Crippen molar-refractivity contribution >= 4 is 22.2 Å². The molecule has 0 aromatic carbocycles. The lowest BCUT2D eigenvalue weighted by Crippen LogP contribution is -2.35. The van der Waals surface area contributed by atoms with Crippen LogP contribution in [0, 0.1) is 11.8 Å². The van der Waals surface area contributed by atoms with Crippen molar-refractivity contribution in [2.75, 3.05) is 5.32 Å². The summed E-state index contributed by atoms with van der Waals surface area (Å²) in [5, 5.41) is 26.6. The van der Waals surface area contributed by atoms with Crippen LogP contribution < -0.4 is 5.32 Å². The van der Waals surface area contributed by atoms with Crippen LogP contribution in [0.15, 0.2) is 5.16 Å². The summed E-state index contributed by atoms with van der Waals surface area (Å²) in [5.74, 6) is 1.07. The number of rotatable bonds is 6. The van der Waals surface area contributed by atoms with Crippen LogP contribution >= 0.6 is 11.3 Å². The molecule has 6 heteroatoms. The van der Waals surface area contributed by atoms with Gasteiger partial charge in [0.1, 0.15) is 5.01 Å². The van der Waals surface area contributed by atoms with Crippen LogP contribution in [-0.2, 0) is 6.42 Å². The molecule has 2 fully saturated rings. The smallest absolute Gasteiger partial charge is 0.206 e. The second kappa shape index (κ2) is 6.08. The van der Waals surface area contributed by atoms with E-state index in [0.29, 0.717) is 11.8 Å². The number of hydrogen-bond acceptors (Lipinski definition) is 6. The Kier molecular flexibility index (Phi) is 4.19. The largest absolute Gasteiger partial charge is 0.411 e. The molecular formula is C14H22N4OS. The van der Waals surface area contributed by atoms with E-state index in [1.807, 2.05) is 0 Å². The quantitative estimate of drug-likeness (QED) is 0.480. The van der Waals surface area contributed by atoms with Gasteiger partial charge in [-0.05, 0) is 31.6 Å². The highest BCUT2D eigenvalue weighted by Gasteiger charge is 2.45. The lowest BCUT2D eigenvalue weighted by atomic mass is 9.93. The van der Waals surface area contributed by atoms with E-state index in [0.717, 1.165) is 28.7 Å². The molecule has 1 aromatic heterocycles. The van der Waals surface area contributed by atoms with Gasteiger partial charge >= 0.3 is 0 Å². The second-order valence-electron chi connectivity index (χ2n) is 5.87. The molecule has 2 N–H and O–H groups in total. The van der Waals surface area contributed by atoms with Crippen molar-refractivity contribution in [3.63, 3.8) is 0 Å². The minimum Gasteiger partial charge on any atom is -0.411 e. The third-order valence-electron chi connectivity index (χ3n) is 4.54. The molecule has 1 aromatic rings. The number of oxime groups is 1. The molecule has 0 spiro atoms. The van der Waals surface area contributed by atoms with Crippen LogP contribution in [0.2, 0.25) is 0 Å². The second-order valence-corrected chi connectivity index (χ2v) is 6.94. The topological polar surface area (TPSA) is 70.4 Å². The number of nitrogens with one attached hydrogen (secondary N) is 1. The Morgan fingerprint density at radius 1 is 1.35 bits per heavy atom. The minimum atomic E-state index is 0.162. The van der Waals surface area contributed by atoms with Gasteiger partial charge < -0.3 is 10.5 Å². The molecule has 1 heterocycles. The summed E-state index contributed by atoms with van der Waals surface area (Å²) >= 11 is 1.64. The first-order chi connectivity index (χ1) is 9.81. The molecule has 2 saturated carbocycles. The number of anilines is 1. The van der Waals surface area contributed by atoms with Gasteiger partial charge in [-0.1, -0.05) is 36.3 Å². The summed E-state index contributed by atoms with van der Waals surface area (Å²) in [7, 11) is 0. The van der Waals surface area contributed by atoms with Crippen molar-refractivity contribution in [2.24, 2.45) is 17.0 Å². The van der Waals surface area contributed by atoms with Crippen molar-refractivity contribution in [1.29, 1.82) is 0 Å². The average molecular weight is 294 g/mol. The molecule has 0 aliphatic heterocycles. The zero-order valence-corrected chi connectivity index (χ0v) is 12.7. The van der Waals surface area contributed by atoms with Gasteiger partial charge in [-0.2, -0.15) is 0 Å². The highest BCUT2D eigenvalue weighted by molar-refractivity contribution is 7.15. The zero-order valence-electron chi connectivity index (χ0n) is 11.9. The maximum absolute atomic E-state index is 9.20. The molecule has 2 bridgehead atoms. The molecule has 0 unspecified atom stereocenters. The fourth-order valence-electron chi connectivity index (χ4n) is 3.49. The maximum Gasteiger partial charge on any atom is 0.206 e. The monoisotopic (exact) mass is 294 g/mol. The van der Waals surface area contributed by atoms with E-state index in [4.69, 9.17) is 0 Å². The van der Waals surface area contributed by atoms with Gasteiger partial charge in [0.15, 0.2) is 0 Å². The predicted octanol–water partition coefficient (Wildman–Crippen LogP) is 3.31. The Bertz CT molecular complexity index is 487. The first-order valence-corrected chi connectivity index (χ1v) is 8.44. The van der Waals surface area contributed by atoms with Crippen molar-refractivity contribution in [3.05, 3.63) is 5.01 Å². The van der Waals surface area contributed by atoms with Gasteiger partial charge in [-0.25, -0.2) is 0 Å². The fourth-order valence-corrected chi connectivity index (χ4v) is 4.31. The van der Waals surface area contributed by atoms with E-state index in [1.54, 1.807) is 11.3 Å². The molecule has 0 radical (unpaired) electrons. The third-order valence-corrected chi connectivity index (χ3v) is 5.45. The van der Waals surface area contributed by atoms with E-state index in [1.165, 1.54) is 32.1 Å². The van der Waals surface area contributed by atoms with Gasteiger partial charge in [0.05, 0.1) is 11.8 Å². The average Bonchev–Trinajstić information content (AvgIpc) is 3.15. The lowest BCUT2D eigenvalue weighted by molar-refractivity contribution is 0.312. The Morgan fingerprint density at radius 3 is 3.05 bits per heavy atom. The summed E-state index contributed by atoms with van der Waals surface area (Å²) in [6.45, 7) is 2.21. The van der Waals surface area contributed by atoms with Crippen LogP contribution in [0.25, 0.3) is 0 Å². The van der Waals surface area contributed by atoms with Gasteiger partial charge in [0.25, 0.3) is 0 Å². The first-order valence-electron chi connectivity index (χ1n) is 7.62. The third kappa shape index (κ3) is 2.66. The SMILES string of the molecule is CCCCCc1nnc(N[C@H]2/C(=N/O)[C@H]3CC[C@H]2C3)s1. The van der Waals surface area contributed by atoms with Crippen molar-refractivity contribution in [1.82, 2.24) is 10.2 Å². The molecule has 5 nitrogen and oxygen atoms in total. The standard InChI is InChI=1S/C14H22N4OS/c1-2-3-4-5-11-16-17-14(20-11)15-12-9-6-7-10(8-9)13(12)18-19/h9-10,12,19H,2-8H2,1H3,(H,15,17)/b18-13+/t9-,10-,12+/m0/s1. The number of nitrogens with zero attached hydrogens (tertiary/aromatic N) is 3. The summed E-state index contributed by atoms with van der Waals surface area (Å²) in [5.41, 5.74) is 0.920. The number of aryl methyl sites for hydroxylation is 1. The van der Waals surface area contributed by atoms with Gasteiger partial charge in [-0.3, -0.25) is 0 Å². The Hall–Kier alpha value is -1.17. The lowest BCUT2D eigenvalue weighted by Gasteiger charge is -2.23. The van der Waals surface area contributed by atoms with Crippen molar-refractivity contribution in [2.45, 2.75) is 57.9 Å². The van der Waals surface area contributed by atoms with Gasteiger partial charge in [0.2, 0.25) is 5.13 Å². The van der Waals surface area contributed by atoms with Crippen LogP contribution in [0.3, 0.4) is 0 Å². The number of hydrogen-bond donors (Lipinski definition) is 2. The Morgan fingerprint density at radius 2 is 2.25 bits per heavy atom. The van der Waals surface area contributed by atoms with E-state index in [2.05, 4.69) is 27.6 Å². The number of unbranched alkanes of at least 4 members (excludes halogenated alkanes) is 2. The molecule has 3 rings (SSSR count). The minimum absolute atomic E-state index is 0.162. The fraction of sp³-hybridized carbons (Fsp3) is 0.786. The predicted molar refractivity (Wildman–Crippen MR) is 80.6 cm³/mol. The first kappa shape index (κ1) is 13.8. The van der Waals surface area contributed by atoms with Crippen LogP contribution in [0.1, 0.15) is 50.5 Å². The van der Waals surface area contributed by atoms with Crippen LogP contribution in [0.4, 0.5) is 5.13 Å². The highest BCUT2D eigenvalue weighted by atomic mass is 32.1. The summed E-state index contributed by atoms with van der Waals surface area (Å²) < 4.78 is 0. The van der Waals surface area contributed by atoms with Crippen molar-refractivity contribution < 1.29 is 5.21 Å². The number of fused-ring (bicyclic) bond motifs is 2. The summed E-state index contributed by atoms with van der Waals surface area (Å²) in [6.07, 6.45) is 8.22. The van der Waals surface area contributed by atoms with Crippen molar-refractivity contribution in [3.8, 4) is 0 Å². The highest BCUT2D eigenvalue weighted by Crippen LogP contribution is 2.44. The van der Waals surface area contributed by atoms with E-state index in [9.17, 15) is 5.21 Å².